The first-order valence-electron chi connectivity index (χ1n) is 5.92. The summed E-state index contributed by atoms with van der Waals surface area (Å²) in [6, 6.07) is 3.26. The van der Waals surface area contributed by atoms with Crippen LogP contribution in [0.5, 0.6) is 11.5 Å². The minimum absolute atomic E-state index is 0.115. The van der Waals surface area contributed by atoms with Crippen molar-refractivity contribution in [2.45, 2.75) is 12.8 Å². The first-order valence-corrected chi connectivity index (χ1v) is 5.92. The molecule has 0 aliphatic heterocycles. The van der Waals surface area contributed by atoms with Crippen molar-refractivity contribution in [2.24, 2.45) is 0 Å². The van der Waals surface area contributed by atoms with E-state index in [0.717, 1.165) is 0 Å². The van der Waals surface area contributed by atoms with Crippen LogP contribution < -0.4 is 20.5 Å². The Kier molecular flexibility index (Phi) is 5.95. The summed E-state index contributed by atoms with van der Waals surface area (Å²) in [7, 11) is 4.66. The largest absolute Gasteiger partial charge is 0.493 e. The molecule has 1 aromatic carbocycles. The summed E-state index contributed by atoms with van der Waals surface area (Å²) in [5, 5.41) is 2.74. The summed E-state index contributed by atoms with van der Waals surface area (Å²) in [5.41, 5.74) is 6.79. The van der Waals surface area contributed by atoms with Gasteiger partial charge in [-0.05, 0) is 6.42 Å². The van der Waals surface area contributed by atoms with Gasteiger partial charge < -0.3 is 25.3 Å². The van der Waals surface area contributed by atoms with Gasteiger partial charge in [0.2, 0.25) is 5.91 Å². The molecule has 0 atom stereocenters. The number of methoxy groups -OCH3 is 3. The van der Waals surface area contributed by atoms with Gasteiger partial charge in [0.15, 0.2) is 11.5 Å². The summed E-state index contributed by atoms with van der Waals surface area (Å²) in [6.07, 6.45) is 1.04. The van der Waals surface area contributed by atoms with E-state index in [-0.39, 0.29) is 5.91 Å². The molecule has 0 aliphatic carbocycles. The Morgan fingerprint density at radius 1 is 1.21 bits per heavy atom. The Bertz CT molecular complexity index is 435. The lowest BCUT2D eigenvalue weighted by Crippen LogP contribution is -2.13. The molecular formula is C13H20N2O4. The maximum absolute atomic E-state index is 11.7. The first kappa shape index (κ1) is 15.1. The van der Waals surface area contributed by atoms with Crippen LogP contribution in [0.4, 0.5) is 11.4 Å². The average molecular weight is 268 g/mol. The third-order valence-corrected chi connectivity index (χ3v) is 2.58. The normalized spacial score (nSPS) is 10.1. The van der Waals surface area contributed by atoms with Crippen molar-refractivity contribution in [3.63, 3.8) is 0 Å². The second-order valence-corrected chi connectivity index (χ2v) is 3.94. The standard InChI is InChI=1S/C13H20N2O4/c1-17-6-4-5-13(16)15-10-8-12(19-3)11(18-2)7-9(10)14/h7-8H,4-6,14H2,1-3H3,(H,15,16). The van der Waals surface area contributed by atoms with Crippen LogP contribution in [-0.2, 0) is 9.53 Å². The lowest BCUT2D eigenvalue weighted by Gasteiger charge is -2.13. The van der Waals surface area contributed by atoms with Gasteiger partial charge in [-0.15, -0.1) is 0 Å². The maximum Gasteiger partial charge on any atom is 0.224 e. The van der Waals surface area contributed by atoms with E-state index in [1.165, 1.54) is 14.2 Å². The number of nitrogen functional groups attached to an aromatic ring is 1. The van der Waals surface area contributed by atoms with E-state index in [1.807, 2.05) is 0 Å². The number of carbonyl (C=O) groups is 1. The molecule has 0 aromatic heterocycles. The van der Waals surface area contributed by atoms with E-state index in [2.05, 4.69) is 5.32 Å². The second-order valence-electron chi connectivity index (χ2n) is 3.94. The molecule has 0 heterocycles. The Labute approximate surface area is 112 Å². The smallest absolute Gasteiger partial charge is 0.224 e. The van der Waals surface area contributed by atoms with Gasteiger partial charge in [0.05, 0.1) is 25.6 Å². The van der Waals surface area contributed by atoms with Gasteiger partial charge in [-0.1, -0.05) is 0 Å². The van der Waals surface area contributed by atoms with Crippen molar-refractivity contribution in [2.75, 3.05) is 39.0 Å². The molecule has 6 nitrogen and oxygen atoms in total. The molecule has 0 saturated carbocycles. The zero-order valence-corrected chi connectivity index (χ0v) is 11.5. The summed E-state index contributed by atoms with van der Waals surface area (Å²) in [4.78, 5) is 11.7. The molecule has 0 fully saturated rings. The van der Waals surface area contributed by atoms with Crippen molar-refractivity contribution in [3.8, 4) is 11.5 Å². The number of amides is 1. The van der Waals surface area contributed by atoms with Crippen molar-refractivity contribution in [3.05, 3.63) is 12.1 Å². The monoisotopic (exact) mass is 268 g/mol. The van der Waals surface area contributed by atoms with Crippen LogP contribution in [0, 0.1) is 0 Å². The van der Waals surface area contributed by atoms with E-state index in [4.69, 9.17) is 19.9 Å². The third kappa shape index (κ3) is 4.33. The molecule has 0 spiro atoms. The highest BCUT2D eigenvalue weighted by molar-refractivity contribution is 5.94. The molecular weight excluding hydrogens is 248 g/mol. The summed E-state index contributed by atoms with van der Waals surface area (Å²) in [5.74, 6) is 0.928. The molecule has 0 aliphatic rings. The molecule has 0 bridgehead atoms. The summed E-state index contributed by atoms with van der Waals surface area (Å²) >= 11 is 0. The number of rotatable bonds is 7. The van der Waals surface area contributed by atoms with Crippen LogP contribution in [0.3, 0.4) is 0 Å². The van der Waals surface area contributed by atoms with E-state index in [0.29, 0.717) is 42.3 Å². The van der Waals surface area contributed by atoms with Crippen molar-refractivity contribution in [1.82, 2.24) is 0 Å². The maximum atomic E-state index is 11.7. The van der Waals surface area contributed by atoms with Gasteiger partial charge in [-0.3, -0.25) is 4.79 Å². The predicted molar refractivity (Wildman–Crippen MR) is 73.7 cm³/mol. The number of anilines is 2. The van der Waals surface area contributed by atoms with Crippen molar-refractivity contribution < 1.29 is 19.0 Å². The van der Waals surface area contributed by atoms with E-state index in [9.17, 15) is 4.79 Å². The van der Waals surface area contributed by atoms with Crippen LogP contribution in [0.25, 0.3) is 0 Å². The van der Waals surface area contributed by atoms with Gasteiger partial charge in [-0.2, -0.15) is 0 Å². The van der Waals surface area contributed by atoms with Gasteiger partial charge in [0.1, 0.15) is 0 Å². The Morgan fingerprint density at radius 3 is 2.42 bits per heavy atom. The number of benzene rings is 1. The van der Waals surface area contributed by atoms with E-state index < -0.39 is 0 Å². The van der Waals surface area contributed by atoms with Crippen molar-refractivity contribution >= 4 is 17.3 Å². The fraction of sp³-hybridized carbons (Fsp3) is 0.462. The minimum Gasteiger partial charge on any atom is -0.493 e. The molecule has 106 valence electrons. The summed E-state index contributed by atoms with van der Waals surface area (Å²) < 4.78 is 15.2. The highest BCUT2D eigenvalue weighted by atomic mass is 16.5. The Balaban J connectivity index is 2.75. The lowest BCUT2D eigenvalue weighted by atomic mass is 10.2. The van der Waals surface area contributed by atoms with Crippen LogP contribution >= 0.6 is 0 Å². The number of hydrogen-bond acceptors (Lipinski definition) is 5. The van der Waals surface area contributed by atoms with Gasteiger partial charge in [0, 0.05) is 32.3 Å². The molecule has 1 amide bonds. The Morgan fingerprint density at radius 2 is 1.84 bits per heavy atom. The quantitative estimate of drug-likeness (QED) is 0.580. The van der Waals surface area contributed by atoms with Crippen LogP contribution in [0.1, 0.15) is 12.8 Å². The second kappa shape index (κ2) is 7.48. The van der Waals surface area contributed by atoms with Crippen LogP contribution in [-0.4, -0.2) is 33.8 Å². The first-order chi connectivity index (χ1) is 9.12. The summed E-state index contributed by atoms with van der Waals surface area (Å²) in [6.45, 7) is 0.550. The fourth-order valence-electron chi connectivity index (χ4n) is 1.59. The highest BCUT2D eigenvalue weighted by Gasteiger charge is 2.11. The minimum atomic E-state index is -0.115. The SMILES string of the molecule is COCCCC(=O)Nc1cc(OC)c(OC)cc1N. The van der Waals surface area contributed by atoms with Crippen LogP contribution in [0.15, 0.2) is 12.1 Å². The molecule has 6 heteroatoms. The fourth-order valence-corrected chi connectivity index (χ4v) is 1.59. The van der Waals surface area contributed by atoms with E-state index >= 15 is 0 Å². The van der Waals surface area contributed by atoms with Gasteiger partial charge in [0.25, 0.3) is 0 Å². The molecule has 1 aromatic rings. The van der Waals surface area contributed by atoms with Gasteiger partial charge in [-0.25, -0.2) is 0 Å². The molecule has 19 heavy (non-hydrogen) atoms. The van der Waals surface area contributed by atoms with E-state index in [1.54, 1.807) is 19.2 Å². The lowest BCUT2D eigenvalue weighted by molar-refractivity contribution is -0.116. The number of nitrogens with two attached hydrogens (primary N) is 1. The van der Waals surface area contributed by atoms with Gasteiger partial charge >= 0.3 is 0 Å². The molecule has 0 unspecified atom stereocenters. The average Bonchev–Trinajstić information content (AvgIpc) is 2.40. The number of carbonyl (C=O) groups excluding carboxylic acids is 1. The van der Waals surface area contributed by atoms with Crippen molar-refractivity contribution in [1.29, 1.82) is 0 Å². The van der Waals surface area contributed by atoms with Crippen LogP contribution in [0.2, 0.25) is 0 Å². The number of nitrogens with one attached hydrogen (secondary N) is 1. The molecule has 0 saturated heterocycles. The molecule has 1 rings (SSSR count). The topological polar surface area (TPSA) is 82.8 Å². The molecule has 3 N–H and O–H groups in total. The number of hydrogen-bond donors (Lipinski definition) is 2. The third-order valence-electron chi connectivity index (χ3n) is 2.58. The zero-order valence-electron chi connectivity index (χ0n) is 11.5. The predicted octanol–water partition coefficient (Wildman–Crippen LogP) is 1.65. The molecule has 0 radical (unpaired) electrons. The highest BCUT2D eigenvalue weighted by Crippen LogP contribution is 2.34. The number of ether oxygens (including phenoxy) is 3. The zero-order chi connectivity index (χ0) is 14.3. The Hall–Kier alpha value is -1.95.